The van der Waals surface area contributed by atoms with E-state index >= 15 is 0 Å². The molecule has 0 radical (unpaired) electrons. The largest absolute Gasteiger partial charge is 0.384 e. The molecule has 1 atom stereocenters. The van der Waals surface area contributed by atoms with Crippen LogP contribution < -0.4 is 20.9 Å². The molecule has 1 aliphatic heterocycles. The lowest BCUT2D eigenvalue weighted by atomic mass is 10.1. The summed E-state index contributed by atoms with van der Waals surface area (Å²) in [5, 5.41) is 6.64. The van der Waals surface area contributed by atoms with Crippen molar-refractivity contribution in [1.82, 2.24) is 19.2 Å². The number of anilines is 2. The number of fused-ring (bicyclic) bond motifs is 1. The highest BCUT2D eigenvalue weighted by atomic mass is 32.2. The number of carbonyl (C=O) groups excluding carboxylic acids is 1. The third kappa shape index (κ3) is 6.29. The minimum absolute atomic E-state index is 0.171. The summed E-state index contributed by atoms with van der Waals surface area (Å²) in [7, 11) is -1.63. The van der Waals surface area contributed by atoms with Crippen LogP contribution >= 0.6 is 11.3 Å². The summed E-state index contributed by atoms with van der Waals surface area (Å²) in [6.07, 6.45) is 5.40. The molecule has 3 heterocycles. The van der Waals surface area contributed by atoms with Crippen molar-refractivity contribution in [2.75, 3.05) is 36.8 Å². The fourth-order valence-electron chi connectivity index (χ4n) is 4.46. The van der Waals surface area contributed by atoms with Gasteiger partial charge in [0.2, 0.25) is 0 Å². The van der Waals surface area contributed by atoms with Gasteiger partial charge < -0.3 is 15.5 Å². The molecular formula is C27H30N6O3S2. The van der Waals surface area contributed by atoms with E-state index in [2.05, 4.69) is 25.2 Å². The third-order valence-corrected chi connectivity index (χ3v) is 8.82. The number of carbonyl (C=O) groups is 1. The lowest BCUT2D eigenvalue weighted by Crippen LogP contribution is -2.33. The SMILES string of the molecule is Cc1ccc(S(=O)NC(=O)Nc2ccc(-n3cnc4cc(NCCN5CCCCC5)ccc4c3=O)cc2)s1. The molecule has 1 saturated heterocycles. The zero-order valence-electron chi connectivity index (χ0n) is 21.1. The standard InChI is InChI=1S/C27H30N6O3S2/c1-19-5-12-25(37-19)38(36)31-27(35)30-20-6-9-22(10-7-20)33-18-29-24-17-21(8-11-23(24)26(33)34)28-13-16-32-14-3-2-4-15-32/h5-12,17-18,28H,2-4,13-16H2,1H3,(H2,30,31,35). The van der Waals surface area contributed by atoms with Crippen molar-refractivity contribution in [3.05, 3.63) is 76.2 Å². The molecule has 1 fully saturated rings. The van der Waals surface area contributed by atoms with Crippen LogP contribution in [0.5, 0.6) is 0 Å². The van der Waals surface area contributed by atoms with Gasteiger partial charge in [0.1, 0.15) is 10.5 Å². The van der Waals surface area contributed by atoms with Crippen LogP contribution in [0.4, 0.5) is 16.2 Å². The number of rotatable bonds is 8. The Labute approximate surface area is 227 Å². The monoisotopic (exact) mass is 550 g/mol. The molecule has 9 nitrogen and oxygen atoms in total. The van der Waals surface area contributed by atoms with E-state index < -0.39 is 17.0 Å². The maximum Gasteiger partial charge on any atom is 0.331 e. The Morgan fingerprint density at radius 2 is 1.79 bits per heavy atom. The van der Waals surface area contributed by atoms with E-state index in [1.54, 1.807) is 36.4 Å². The summed E-state index contributed by atoms with van der Waals surface area (Å²) in [4.78, 5) is 33.4. The molecule has 198 valence electrons. The van der Waals surface area contributed by atoms with Crippen molar-refractivity contribution < 1.29 is 9.00 Å². The number of amides is 2. The van der Waals surface area contributed by atoms with Gasteiger partial charge in [-0.1, -0.05) is 6.42 Å². The van der Waals surface area contributed by atoms with Crippen LogP contribution in [0, 0.1) is 6.92 Å². The Morgan fingerprint density at radius 3 is 2.53 bits per heavy atom. The highest BCUT2D eigenvalue weighted by molar-refractivity contribution is 7.86. The molecular weight excluding hydrogens is 520 g/mol. The fraction of sp³-hybridized carbons (Fsp3) is 0.296. The first-order valence-electron chi connectivity index (χ1n) is 12.6. The molecule has 2 aromatic heterocycles. The van der Waals surface area contributed by atoms with E-state index in [1.807, 2.05) is 25.1 Å². The number of likely N-dealkylation sites (tertiary alicyclic amines) is 1. The minimum Gasteiger partial charge on any atom is -0.384 e. The first kappa shape index (κ1) is 26.1. The van der Waals surface area contributed by atoms with Gasteiger partial charge >= 0.3 is 6.03 Å². The van der Waals surface area contributed by atoms with Gasteiger partial charge in [-0.3, -0.25) is 14.1 Å². The van der Waals surface area contributed by atoms with Crippen molar-refractivity contribution in [2.24, 2.45) is 0 Å². The number of piperidine rings is 1. The van der Waals surface area contributed by atoms with Crippen molar-refractivity contribution >= 4 is 50.6 Å². The molecule has 0 spiro atoms. The Balaban J connectivity index is 1.21. The molecule has 0 aliphatic carbocycles. The normalized spacial score (nSPS) is 14.8. The molecule has 0 saturated carbocycles. The molecule has 38 heavy (non-hydrogen) atoms. The topological polar surface area (TPSA) is 108 Å². The molecule has 2 amide bonds. The Kier molecular flexibility index (Phi) is 8.16. The van der Waals surface area contributed by atoms with Gasteiger partial charge in [-0.15, -0.1) is 11.3 Å². The first-order chi connectivity index (χ1) is 18.5. The van der Waals surface area contributed by atoms with Crippen LogP contribution in [0.15, 0.2) is 69.9 Å². The van der Waals surface area contributed by atoms with Gasteiger partial charge in [0, 0.05) is 29.3 Å². The Bertz CT molecular complexity index is 1510. The molecule has 3 N–H and O–H groups in total. The molecule has 1 aliphatic rings. The van der Waals surface area contributed by atoms with Gasteiger partial charge in [-0.25, -0.2) is 14.0 Å². The number of urea groups is 1. The molecule has 5 rings (SSSR count). The predicted octanol–water partition coefficient (Wildman–Crippen LogP) is 4.50. The lowest BCUT2D eigenvalue weighted by molar-refractivity contribution is 0.237. The average molecular weight is 551 g/mol. The van der Waals surface area contributed by atoms with E-state index in [4.69, 9.17) is 0 Å². The second kappa shape index (κ2) is 11.9. The Morgan fingerprint density at radius 1 is 1.03 bits per heavy atom. The van der Waals surface area contributed by atoms with Crippen LogP contribution in [-0.2, 0) is 11.0 Å². The summed E-state index contributed by atoms with van der Waals surface area (Å²) in [5.74, 6) is 0. The minimum atomic E-state index is -1.63. The van der Waals surface area contributed by atoms with E-state index in [0.717, 1.165) is 23.7 Å². The van der Waals surface area contributed by atoms with Crippen molar-refractivity contribution in [1.29, 1.82) is 0 Å². The summed E-state index contributed by atoms with van der Waals surface area (Å²) < 4.78 is 16.8. The molecule has 4 aromatic rings. The maximum atomic E-state index is 13.2. The number of benzene rings is 2. The van der Waals surface area contributed by atoms with Crippen LogP contribution in [-0.4, -0.2) is 50.9 Å². The van der Waals surface area contributed by atoms with E-state index in [-0.39, 0.29) is 5.56 Å². The van der Waals surface area contributed by atoms with E-state index in [9.17, 15) is 13.8 Å². The Hall–Kier alpha value is -3.54. The second-order valence-electron chi connectivity index (χ2n) is 9.22. The molecule has 2 aromatic carbocycles. The van der Waals surface area contributed by atoms with Crippen LogP contribution in [0.3, 0.4) is 0 Å². The van der Waals surface area contributed by atoms with Gasteiger partial charge in [-0.05, 0) is 87.5 Å². The van der Waals surface area contributed by atoms with E-state index in [0.29, 0.717) is 26.5 Å². The number of thiophene rings is 1. The van der Waals surface area contributed by atoms with Crippen LogP contribution in [0.25, 0.3) is 16.6 Å². The predicted molar refractivity (Wildman–Crippen MR) is 154 cm³/mol. The summed E-state index contributed by atoms with van der Waals surface area (Å²) in [6.45, 7) is 6.11. The number of aryl methyl sites for hydroxylation is 1. The average Bonchev–Trinajstić information content (AvgIpc) is 3.36. The van der Waals surface area contributed by atoms with Gasteiger partial charge in [0.25, 0.3) is 5.56 Å². The molecule has 11 heteroatoms. The third-order valence-electron chi connectivity index (χ3n) is 6.45. The number of nitrogens with zero attached hydrogens (tertiary/aromatic N) is 3. The summed E-state index contributed by atoms with van der Waals surface area (Å²) in [6, 6.07) is 15.4. The van der Waals surface area contributed by atoms with Crippen molar-refractivity contribution in [3.8, 4) is 5.69 Å². The highest BCUT2D eigenvalue weighted by Crippen LogP contribution is 2.19. The number of nitrogens with one attached hydrogen (secondary N) is 3. The second-order valence-corrected chi connectivity index (χ2v) is 11.9. The van der Waals surface area contributed by atoms with Gasteiger partial charge in [0.15, 0.2) is 11.0 Å². The van der Waals surface area contributed by atoms with Gasteiger partial charge in [0.05, 0.1) is 16.6 Å². The smallest absolute Gasteiger partial charge is 0.331 e. The van der Waals surface area contributed by atoms with Gasteiger partial charge in [-0.2, -0.15) is 0 Å². The zero-order chi connectivity index (χ0) is 26.5. The molecule has 0 bridgehead atoms. The fourth-order valence-corrected chi connectivity index (χ4v) is 6.39. The zero-order valence-corrected chi connectivity index (χ0v) is 22.7. The number of aromatic nitrogens is 2. The molecule has 1 unspecified atom stereocenters. The first-order valence-corrected chi connectivity index (χ1v) is 14.6. The van der Waals surface area contributed by atoms with Crippen molar-refractivity contribution in [3.63, 3.8) is 0 Å². The highest BCUT2D eigenvalue weighted by Gasteiger charge is 2.12. The maximum absolute atomic E-state index is 13.2. The van der Waals surface area contributed by atoms with Crippen LogP contribution in [0.1, 0.15) is 24.1 Å². The summed E-state index contributed by atoms with van der Waals surface area (Å²) >= 11 is 1.37. The van der Waals surface area contributed by atoms with Crippen LogP contribution in [0.2, 0.25) is 0 Å². The lowest BCUT2D eigenvalue weighted by Gasteiger charge is -2.26. The quantitative estimate of drug-likeness (QED) is 0.298. The number of hydrogen-bond donors (Lipinski definition) is 3. The summed E-state index contributed by atoms with van der Waals surface area (Å²) in [5.41, 5.74) is 2.54. The van der Waals surface area contributed by atoms with E-state index in [1.165, 1.54) is 54.6 Å². The number of hydrogen-bond acceptors (Lipinski definition) is 7. The van der Waals surface area contributed by atoms with Crippen molar-refractivity contribution in [2.45, 2.75) is 30.4 Å².